The molecule has 0 radical (unpaired) electrons. The fourth-order valence-electron chi connectivity index (χ4n) is 3.34. The Bertz CT molecular complexity index is 692. The second-order valence-corrected chi connectivity index (χ2v) is 6.51. The number of piperidine rings is 1. The Morgan fingerprint density at radius 3 is 2.84 bits per heavy atom. The maximum absolute atomic E-state index is 13.4. The van der Waals surface area contributed by atoms with Gasteiger partial charge in [0.15, 0.2) is 0 Å². The fraction of sp³-hybridized carbons (Fsp3) is 0.400. The number of likely N-dealkylation sites (tertiary alicyclic amines) is 1. The van der Waals surface area contributed by atoms with Gasteiger partial charge < -0.3 is 5.32 Å². The van der Waals surface area contributed by atoms with Crippen LogP contribution in [0.3, 0.4) is 0 Å². The normalized spacial score (nSPS) is 18.0. The van der Waals surface area contributed by atoms with Gasteiger partial charge in [0.05, 0.1) is 6.04 Å². The molecule has 0 spiro atoms. The molecule has 3 rings (SSSR count). The molecular formula is C20H24FN3O. The maximum Gasteiger partial charge on any atom is 0.237 e. The van der Waals surface area contributed by atoms with Crippen LogP contribution in [-0.2, 0) is 17.8 Å². The van der Waals surface area contributed by atoms with Gasteiger partial charge in [-0.3, -0.25) is 14.7 Å². The minimum atomic E-state index is -0.229. The highest BCUT2D eigenvalue weighted by Crippen LogP contribution is 2.20. The Hall–Kier alpha value is -2.27. The summed E-state index contributed by atoms with van der Waals surface area (Å²) in [5.41, 5.74) is 2.08. The van der Waals surface area contributed by atoms with Crippen LogP contribution in [0.4, 0.5) is 4.39 Å². The Morgan fingerprint density at radius 2 is 2.04 bits per heavy atom. The fourth-order valence-corrected chi connectivity index (χ4v) is 3.34. The van der Waals surface area contributed by atoms with Gasteiger partial charge in [0.1, 0.15) is 5.82 Å². The molecule has 0 bridgehead atoms. The van der Waals surface area contributed by atoms with Crippen molar-refractivity contribution in [3.63, 3.8) is 0 Å². The number of amides is 1. The van der Waals surface area contributed by atoms with Crippen molar-refractivity contribution in [3.8, 4) is 0 Å². The molecule has 1 N–H and O–H groups in total. The third-order valence-electron chi connectivity index (χ3n) is 4.65. The van der Waals surface area contributed by atoms with Crippen molar-refractivity contribution in [2.24, 2.45) is 0 Å². The highest BCUT2D eigenvalue weighted by molar-refractivity contribution is 5.81. The number of aromatic nitrogens is 1. The second-order valence-electron chi connectivity index (χ2n) is 6.51. The summed E-state index contributed by atoms with van der Waals surface area (Å²) in [7, 11) is 0. The highest BCUT2D eigenvalue weighted by Gasteiger charge is 2.28. The van der Waals surface area contributed by atoms with Crippen LogP contribution in [0.2, 0.25) is 0 Å². The number of benzene rings is 1. The number of pyridine rings is 1. The maximum atomic E-state index is 13.4. The van der Waals surface area contributed by atoms with Crippen LogP contribution in [0, 0.1) is 5.82 Å². The number of hydrogen-bond acceptors (Lipinski definition) is 3. The Labute approximate surface area is 148 Å². The number of carbonyl (C=O) groups is 1. The number of nitrogens with zero attached hydrogens (tertiary/aromatic N) is 2. The van der Waals surface area contributed by atoms with E-state index in [-0.39, 0.29) is 17.8 Å². The third-order valence-corrected chi connectivity index (χ3v) is 4.65. The van der Waals surface area contributed by atoms with E-state index in [4.69, 9.17) is 0 Å². The van der Waals surface area contributed by atoms with Crippen molar-refractivity contribution >= 4 is 5.91 Å². The number of hydrogen-bond donors (Lipinski definition) is 1. The number of nitrogens with one attached hydrogen (secondary N) is 1. The van der Waals surface area contributed by atoms with E-state index in [9.17, 15) is 9.18 Å². The number of rotatable bonds is 6. The molecule has 1 aromatic heterocycles. The van der Waals surface area contributed by atoms with Gasteiger partial charge >= 0.3 is 0 Å². The van der Waals surface area contributed by atoms with E-state index in [1.807, 2.05) is 18.2 Å². The smallest absolute Gasteiger partial charge is 0.237 e. The molecule has 4 nitrogen and oxygen atoms in total. The molecule has 0 saturated carbocycles. The summed E-state index contributed by atoms with van der Waals surface area (Å²) < 4.78 is 13.4. The number of halogens is 1. The largest absolute Gasteiger partial charge is 0.354 e. The quantitative estimate of drug-likeness (QED) is 0.879. The molecule has 1 amide bonds. The average Bonchev–Trinajstić information content (AvgIpc) is 2.63. The van der Waals surface area contributed by atoms with Gasteiger partial charge in [0.25, 0.3) is 0 Å². The zero-order valence-corrected chi connectivity index (χ0v) is 14.3. The van der Waals surface area contributed by atoms with Crippen LogP contribution in [0.25, 0.3) is 0 Å². The molecule has 132 valence electrons. The molecule has 1 unspecified atom stereocenters. The highest BCUT2D eigenvalue weighted by atomic mass is 19.1. The molecule has 0 aliphatic carbocycles. The van der Waals surface area contributed by atoms with Gasteiger partial charge in [-0.25, -0.2) is 4.39 Å². The predicted octanol–water partition coefficient (Wildman–Crippen LogP) is 2.93. The first-order valence-corrected chi connectivity index (χ1v) is 8.87. The minimum Gasteiger partial charge on any atom is -0.354 e. The first-order valence-electron chi connectivity index (χ1n) is 8.87. The summed E-state index contributed by atoms with van der Waals surface area (Å²) in [6.45, 7) is 2.10. The van der Waals surface area contributed by atoms with Gasteiger partial charge in [-0.1, -0.05) is 18.6 Å². The second kappa shape index (κ2) is 8.72. The standard InChI is InChI=1S/C20H24FN3O/c21-18-5-3-4-17(14-18)15-24-13-2-1-6-19(24)20(25)23-12-9-16-7-10-22-11-8-16/h3-5,7-8,10-11,14,19H,1-2,6,9,12-13,15H2,(H,23,25). The van der Waals surface area contributed by atoms with E-state index in [1.54, 1.807) is 24.5 Å². The van der Waals surface area contributed by atoms with Crippen molar-refractivity contribution in [1.29, 1.82) is 0 Å². The summed E-state index contributed by atoms with van der Waals surface area (Å²) in [4.78, 5) is 18.8. The van der Waals surface area contributed by atoms with E-state index >= 15 is 0 Å². The van der Waals surface area contributed by atoms with Crippen molar-refractivity contribution in [1.82, 2.24) is 15.2 Å². The summed E-state index contributed by atoms with van der Waals surface area (Å²) in [5, 5.41) is 3.05. The first kappa shape index (κ1) is 17.5. The topological polar surface area (TPSA) is 45.2 Å². The van der Waals surface area contributed by atoms with Crippen molar-refractivity contribution in [2.75, 3.05) is 13.1 Å². The molecule has 2 heterocycles. The summed E-state index contributed by atoms with van der Waals surface area (Å²) in [6, 6.07) is 10.4. The molecule has 1 aromatic carbocycles. The summed E-state index contributed by atoms with van der Waals surface area (Å²) in [6.07, 6.45) is 7.32. The van der Waals surface area contributed by atoms with Crippen LogP contribution in [0.5, 0.6) is 0 Å². The van der Waals surface area contributed by atoms with Gasteiger partial charge in [-0.2, -0.15) is 0 Å². The molecule has 1 aliphatic heterocycles. The lowest BCUT2D eigenvalue weighted by Gasteiger charge is -2.34. The molecule has 2 aromatic rings. The number of carbonyl (C=O) groups excluding carboxylic acids is 1. The Morgan fingerprint density at radius 1 is 1.20 bits per heavy atom. The average molecular weight is 341 g/mol. The van der Waals surface area contributed by atoms with Crippen LogP contribution in [0.1, 0.15) is 30.4 Å². The SMILES string of the molecule is O=C(NCCc1ccncc1)C1CCCCN1Cc1cccc(F)c1. The van der Waals surface area contributed by atoms with Gasteiger partial charge in [0, 0.05) is 25.5 Å². The molecule has 1 fully saturated rings. The van der Waals surface area contributed by atoms with Crippen LogP contribution < -0.4 is 5.32 Å². The van der Waals surface area contributed by atoms with E-state index in [0.717, 1.165) is 43.4 Å². The first-order chi connectivity index (χ1) is 12.2. The molecule has 5 heteroatoms. The summed E-state index contributed by atoms with van der Waals surface area (Å²) >= 11 is 0. The van der Waals surface area contributed by atoms with Gasteiger partial charge in [0.2, 0.25) is 5.91 Å². The predicted molar refractivity (Wildman–Crippen MR) is 95.4 cm³/mol. The van der Waals surface area contributed by atoms with Crippen molar-refractivity contribution in [2.45, 2.75) is 38.3 Å². The lowest BCUT2D eigenvalue weighted by molar-refractivity contribution is -0.127. The zero-order valence-electron chi connectivity index (χ0n) is 14.3. The van der Waals surface area contributed by atoms with E-state index in [0.29, 0.717) is 13.1 Å². The summed E-state index contributed by atoms with van der Waals surface area (Å²) in [5.74, 6) is -0.155. The van der Waals surface area contributed by atoms with Crippen LogP contribution in [0.15, 0.2) is 48.8 Å². The van der Waals surface area contributed by atoms with E-state index in [1.165, 1.54) is 6.07 Å². The molecule has 1 atom stereocenters. The lowest BCUT2D eigenvalue weighted by atomic mass is 10.00. The molecule has 1 aliphatic rings. The lowest BCUT2D eigenvalue weighted by Crippen LogP contribution is -2.49. The monoisotopic (exact) mass is 341 g/mol. The van der Waals surface area contributed by atoms with Crippen molar-refractivity contribution < 1.29 is 9.18 Å². The van der Waals surface area contributed by atoms with Gasteiger partial charge in [-0.05, 0) is 61.2 Å². The van der Waals surface area contributed by atoms with E-state index < -0.39 is 0 Å². The Kier molecular flexibility index (Phi) is 6.12. The van der Waals surface area contributed by atoms with Crippen LogP contribution >= 0.6 is 0 Å². The minimum absolute atomic E-state index is 0.0742. The third kappa shape index (κ3) is 5.10. The van der Waals surface area contributed by atoms with Crippen molar-refractivity contribution in [3.05, 3.63) is 65.7 Å². The van der Waals surface area contributed by atoms with Gasteiger partial charge in [-0.15, -0.1) is 0 Å². The van der Waals surface area contributed by atoms with E-state index in [2.05, 4.69) is 15.2 Å². The molecular weight excluding hydrogens is 317 g/mol. The Balaban J connectivity index is 1.55. The molecule has 25 heavy (non-hydrogen) atoms. The molecule has 1 saturated heterocycles. The van der Waals surface area contributed by atoms with Crippen LogP contribution in [-0.4, -0.2) is 34.9 Å². The zero-order chi connectivity index (χ0) is 17.5.